The van der Waals surface area contributed by atoms with Crippen molar-refractivity contribution in [3.05, 3.63) is 107 Å². The number of hydrogen-bond acceptors (Lipinski definition) is 5. The Hall–Kier alpha value is -4.10. The fraction of sp³-hybridized carbons (Fsp3) is 0.281. The lowest BCUT2D eigenvalue weighted by atomic mass is 9.92. The number of aromatic nitrogens is 2. The van der Waals surface area contributed by atoms with Gasteiger partial charge in [-0.2, -0.15) is 10.2 Å². The molecule has 0 spiro atoms. The Labute approximate surface area is 228 Å². The summed E-state index contributed by atoms with van der Waals surface area (Å²) in [6, 6.07) is 20.9. The third-order valence-corrected chi connectivity index (χ3v) is 7.47. The van der Waals surface area contributed by atoms with Crippen molar-refractivity contribution in [3.8, 4) is 11.1 Å². The van der Waals surface area contributed by atoms with E-state index in [4.69, 9.17) is 5.10 Å². The molecule has 3 aromatic carbocycles. The van der Waals surface area contributed by atoms with Gasteiger partial charge in [0.15, 0.2) is 0 Å². The molecule has 5 rings (SSSR count). The first-order chi connectivity index (χ1) is 18.7. The molecule has 7 heteroatoms. The molecule has 6 nitrogen and oxygen atoms in total. The third kappa shape index (κ3) is 5.54. The molecule has 1 aromatic heterocycles. The topological polar surface area (TPSA) is 70.7 Å². The summed E-state index contributed by atoms with van der Waals surface area (Å²) < 4.78 is 16.2. The molecule has 2 heterocycles. The van der Waals surface area contributed by atoms with Gasteiger partial charge in [-0.05, 0) is 78.4 Å². The molecule has 39 heavy (non-hydrogen) atoms. The SMILES string of the molecule is CC(=O)CC1C(C)C(c2ccn(C)n2)=NN1c1ccc(Cc2ccc(-c3cc(CO)ccc3F)cc2C)cc1. The molecule has 1 aliphatic heterocycles. The summed E-state index contributed by atoms with van der Waals surface area (Å²) in [7, 11) is 1.88. The standard InChI is InChI=1S/C32H33FN4O2/c1-20-15-26(28-18-24(19-38)7-12-29(28)33)9-8-25(20)17-23-5-10-27(11-6-23)37-31(16-21(2)39)22(3)32(35-37)30-13-14-36(4)34-30/h5-15,18,22,31,38H,16-17,19H2,1-4H3. The minimum atomic E-state index is -0.303. The lowest BCUT2D eigenvalue weighted by molar-refractivity contribution is -0.117. The van der Waals surface area contributed by atoms with Gasteiger partial charge >= 0.3 is 0 Å². The second kappa shape index (κ2) is 10.9. The van der Waals surface area contributed by atoms with Crippen LogP contribution in [0.15, 0.2) is 78.0 Å². The number of rotatable bonds is 8. The number of nitrogens with zero attached hydrogens (tertiary/aromatic N) is 4. The monoisotopic (exact) mass is 524 g/mol. The van der Waals surface area contributed by atoms with Gasteiger partial charge in [-0.3, -0.25) is 14.5 Å². The van der Waals surface area contributed by atoms with Crippen LogP contribution in [0.25, 0.3) is 11.1 Å². The molecule has 1 aliphatic rings. The predicted molar refractivity (Wildman–Crippen MR) is 152 cm³/mol. The number of ketones is 1. The van der Waals surface area contributed by atoms with Crippen molar-refractivity contribution in [1.29, 1.82) is 0 Å². The molecule has 0 saturated heterocycles. The van der Waals surface area contributed by atoms with Gasteiger partial charge in [-0.15, -0.1) is 0 Å². The van der Waals surface area contributed by atoms with Crippen molar-refractivity contribution in [2.75, 3.05) is 5.01 Å². The number of aryl methyl sites for hydroxylation is 2. The molecule has 0 bridgehead atoms. The van der Waals surface area contributed by atoms with Gasteiger partial charge in [0.2, 0.25) is 0 Å². The van der Waals surface area contributed by atoms with Crippen LogP contribution in [0.4, 0.5) is 10.1 Å². The average molecular weight is 525 g/mol. The lowest BCUT2D eigenvalue weighted by Gasteiger charge is -2.25. The Kier molecular flexibility index (Phi) is 7.44. The van der Waals surface area contributed by atoms with Crippen molar-refractivity contribution in [3.63, 3.8) is 0 Å². The molecule has 1 N–H and O–H groups in total. The van der Waals surface area contributed by atoms with E-state index in [0.29, 0.717) is 17.5 Å². The van der Waals surface area contributed by atoms with Crippen LogP contribution >= 0.6 is 0 Å². The highest BCUT2D eigenvalue weighted by Gasteiger charge is 2.37. The molecule has 200 valence electrons. The number of halogens is 1. The number of carbonyl (C=O) groups excluding carboxylic acids is 1. The normalized spacial score (nSPS) is 17.0. The Balaban J connectivity index is 1.37. The first-order valence-electron chi connectivity index (χ1n) is 13.2. The highest BCUT2D eigenvalue weighted by Crippen LogP contribution is 2.33. The molecule has 0 aliphatic carbocycles. The largest absolute Gasteiger partial charge is 0.392 e. The van der Waals surface area contributed by atoms with E-state index >= 15 is 0 Å². The van der Waals surface area contributed by atoms with Crippen molar-refractivity contribution in [2.45, 2.75) is 46.3 Å². The minimum Gasteiger partial charge on any atom is -0.392 e. The van der Waals surface area contributed by atoms with Gasteiger partial charge in [-0.25, -0.2) is 4.39 Å². The van der Waals surface area contributed by atoms with Crippen LogP contribution in [0.2, 0.25) is 0 Å². The summed E-state index contributed by atoms with van der Waals surface area (Å²) in [5.41, 5.74) is 8.01. The fourth-order valence-corrected chi connectivity index (χ4v) is 5.26. The Morgan fingerprint density at radius 3 is 2.41 bits per heavy atom. The quantitative estimate of drug-likeness (QED) is 0.315. The maximum Gasteiger partial charge on any atom is 0.131 e. The number of hydrazone groups is 1. The summed E-state index contributed by atoms with van der Waals surface area (Å²) in [5, 5.41) is 20.9. The van der Waals surface area contributed by atoms with Crippen LogP contribution in [0.3, 0.4) is 0 Å². The first-order valence-corrected chi connectivity index (χ1v) is 13.2. The fourth-order valence-electron chi connectivity index (χ4n) is 5.26. The van der Waals surface area contributed by atoms with Gasteiger partial charge in [-0.1, -0.05) is 43.3 Å². The lowest BCUT2D eigenvalue weighted by Crippen LogP contribution is -2.34. The zero-order chi connectivity index (χ0) is 27.7. The van der Waals surface area contributed by atoms with Gasteiger partial charge in [0.25, 0.3) is 0 Å². The Morgan fingerprint density at radius 2 is 1.77 bits per heavy atom. The zero-order valence-corrected chi connectivity index (χ0v) is 22.7. The molecule has 2 unspecified atom stereocenters. The van der Waals surface area contributed by atoms with E-state index in [2.05, 4.69) is 36.3 Å². The van der Waals surface area contributed by atoms with E-state index in [1.807, 2.05) is 49.4 Å². The van der Waals surface area contributed by atoms with Gasteiger partial charge in [0.1, 0.15) is 17.3 Å². The predicted octanol–water partition coefficient (Wildman–Crippen LogP) is 5.83. The van der Waals surface area contributed by atoms with E-state index in [1.54, 1.807) is 23.7 Å². The van der Waals surface area contributed by atoms with Crippen molar-refractivity contribution >= 4 is 17.2 Å². The summed E-state index contributed by atoms with van der Waals surface area (Å²) in [6.45, 7) is 5.64. The molecular formula is C32H33FN4O2. The number of Topliss-reactive ketones (excluding diaryl/α,β-unsaturated/α-hetero) is 1. The highest BCUT2D eigenvalue weighted by molar-refractivity contribution is 6.03. The minimum absolute atomic E-state index is 0.0625. The number of anilines is 1. The van der Waals surface area contributed by atoms with Crippen molar-refractivity contribution in [2.24, 2.45) is 18.1 Å². The van der Waals surface area contributed by atoms with Crippen LogP contribution in [0, 0.1) is 18.7 Å². The molecular weight excluding hydrogens is 491 g/mol. The zero-order valence-electron chi connectivity index (χ0n) is 22.7. The van der Waals surface area contributed by atoms with Gasteiger partial charge in [0, 0.05) is 31.1 Å². The second-order valence-corrected chi connectivity index (χ2v) is 10.4. The van der Waals surface area contributed by atoms with Crippen LogP contribution in [-0.4, -0.2) is 32.4 Å². The number of benzene rings is 3. The average Bonchev–Trinajstić information content (AvgIpc) is 3.48. The van der Waals surface area contributed by atoms with E-state index in [0.717, 1.165) is 45.8 Å². The summed E-state index contributed by atoms with van der Waals surface area (Å²) >= 11 is 0. The summed E-state index contributed by atoms with van der Waals surface area (Å²) in [6.07, 6.45) is 3.05. The van der Waals surface area contributed by atoms with E-state index in [-0.39, 0.29) is 30.2 Å². The van der Waals surface area contributed by atoms with Gasteiger partial charge in [0.05, 0.1) is 24.0 Å². The molecule has 0 amide bonds. The second-order valence-electron chi connectivity index (χ2n) is 10.4. The summed E-state index contributed by atoms with van der Waals surface area (Å²) in [4.78, 5) is 12.1. The third-order valence-electron chi connectivity index (χ3n) is 7.47. The smallest absolute Gasteiger partial charge is 0.131 e. The number of carbonyl (C=O) groups is 1. The van der Waals surface area contributed by atoms with Crippen LogP contribution in [-0.2, 0) is 24.9 Å². The molecule has 4 aromatic rings. The van der Waals surface area contributed by atoms with E-state index in [9.17, 15) is 14.3 Å². The van der Waals surface area contributed by atoms with E-state index in [1.165, 1.54) is 6.07 Å². The Bertz CT molecular complexity index is 1540. The number of aliphatic hydroxyl groups is 1. The first kappa shape index (κ1) is 26.5. The maximum atomic E-state index is 14.5. The van der Waals surface area contributed by atoms with Crippen LogP contribution < -0.4 is 5.01 Å². The Morgan fingerprint density at radius 1 is 1.03 bits per heavy atom. The summed E-state index contributed by atoms with van der Waals surface area (Å²) in [5.74, 6) is -0.108. The molecule has 0 fully saturated rings. The molecule has 0 saturated carbocycles. The number of hydrogen-bond donors (Lipinski definition) is 1. The van der Waals surface area contributed by atoms with E-state index < -0.39 is 0 Å². The molecule has 0 radical (unpaired) electrons. The number of aliphatic hydroxyl groups excluding tert-OH is 1. The van der Waals surface area contributed by atoms with Gasteiger partial charge < -0.3 is 5.11 Å². The highest BCUT2D eigenvalue weighted by atomic mass is 19.1. The van der Waals surface area contributed by atoms with Crippen LogP contribution in [0.1, 0.15) is 48.2 Å². The van der Waals surface area contributed by atoms with Crippen LogP contribution in [0.5, 0.6) is 0 Å². The van der Waals surface area contributed by atoms with Crippen molar-refractivity contribution < 1.29 is 14.3 Å². The maximum absolute atomic E-state index is 14.5. The molecule has 2 atom stereocenters. The van der Waals surface area contributed by atoms with Crippen molar-refractivity contribution in [1.82, 2.24) is 9.78 Å².